The highest BCUT2D eigenvalue weighted by Crippen LogP contribution is 2.23. The van der Waals surface area contributed by atoms with Crippen molar-refractivity contribution in [2.75, 3.05) is 7.11 Å². The number of hydrogen-bond donors (Lipinski definition) is 1. The summed E-state index contributed by atoms with van der Waals surface area (Å²) in [6.07, 6.45) is 0. The molecule has 5 heteroatoms. The third kappa shape index (κ3) is 3.68. The van der Waals surface area contributed by atoms with Gasteiger partial charge in [-0.1, -0.05) is 17.7 Å². The summed E-state index contributed by atoms with van der Waals surface area (Å²) in [5, 5.41) is 3.36. The maximum atomic E-state index is 12.9. The summed E-state index contributed by atoms with van der Waals surface area (Å²) in [5.41, 5.74) is 0.740. The Kier molecular flexibility index (Phi) is 4.90. The molecule has 0 spiro atoms. The third-order valence-electron chi connectivity index (χ3n) is 2.48. The number of esters is 1. The van der Waals surface area contributed by atoms with Gasteiger partial charge < -0.3 is 4.74 Å². The van der Waals surface area contributed by atoms with Crippen molar-refractivity contribution in [2.45, 2.75) is 25.9 Å². The molecule has 1 aromatic rings. The van der Waals surface area contributed by atoms with Crippen molar-refractivity contribution in [1.29, 1.82) is 0 Å². The van der Waals surface area contributed by atoms with Gasteiger partial charge in [0.15, 0.2) is 0 Å². The maximum absolute atomic E-state index is 12.9. The van der Waals surface area contributed by atoms with E-state index in [0.717, 1.165) is 5.56 Å². The summed E-state index contributed by atoms with van der Waals surface area (Å²) in [5.74, 6) is -0.734. The van der Waals surface area contributed by atoms with Crippen molar-refractivity contribution < 1.29 is 13.9 Å². The number of rotatable bonds is 4. The minimum absolute atomic E-state index is 0.169. The molecular formula is C12H15ClFNO2. The molecule has 1 unspecified atom stereocenters. The van der Waals surface area contributed by atoms with Crippen LogP contribution in [0.4, 0.5) is 4.39 Å². The second kappa shape index (κ2) is 5.98. The summed E-state index contributed by atoms with van der Waals surface area (Å²) < 4.78 is 17.5. The van der Waals surface area contributed by atoms with Crippen molar-refractivity contribution in [3.05, 3.63) is 34.6 Å². The SMILES string of the molecule is COC(=O)[C@H](C)NC(C)c1ccc(F)cc1Cl. The van der Waals surface area contributed by atoms with Crippen molar-refractivity contribution in [3.63, 3.8) is 0 Å². The number of benzene rings is 1. The number of methoxy groups -OCH3 is 1. The standard InChI is InChI=1S/C12H15ClFNO2/c1-7(15-8(2)12(16)17-3)10-5-4-9(14)6-11(10)13/h4-8,15H,1-3H3/t7?,8-/m0/s1. The zero-order valence-electron chi connectivity index (χ0n) is 9.96. The Morgan fingerprint density at radius 1 is 1.47 bits per heavy atom. The van der Waals surface area contributed by atoms with Crippen LogP contribution in [0.3, 0.4) is 0 Å². The lowest BCUT2D eigenvalue weighted by Crippen LogP contribution is -2.36. The lowest BCUT2D eigenvalue weighted by Gasteiger charge is -2.19. The molecular weight excluding hydrogens is 245 g/mol. The van der Waals surface area contributed by atoms with Gasteiger partial charge in [0.2, 0.25) is 0 Å². The van der Waals surface area contributed by atoms with Crippen LogP contribution in [0.5, 0.6) is 0 Å². The smallest absolute Gasteiger partial charge is 0.322 e. The van der Waals surface area contributed by atoms with Crippen molar-refractivity contribution in [2.24, 2.45) is 0 Å². The van der Waals surface area contributed by atoms with Crippen LogP contribution >= 0.6 is 11.6 Å². The van der Waals surface area contributed by atoms with Crippen LogP contribution in [-0.4, -0.2) is 19.1 Å². The first-order chi connectivity index (χ1) is 7.95. The normalized spacial score (nSPS) is 14.2. The van der Waals surface area contributed by atoms with Gasteiger partial charge in [-0.2, -0.15) is 0 Å². The molecule has 94 valence electrons. The van der Waals surface area contributed by atoms with Gasteiger partial charge in [0.25, 0.3) is 0 Å². The average Bonchev–Trinajstić information content (AvgIpc) is 2.27. The largest absolute Gasteiger partial charge is 0.468 e. The number of ether oxygens (including phenoxy) is 1. The predicted molar refractivity (Wildman–Crippen MR) is 64.4 cm³/mol. The van der Waals surface area contributed by atoms with Gasteiger partial charge in [-0.15, -0.1) is 0 Å². The molecule has 1 rings (SSSR count). The van der Waals surface area contributed by atoms with Gasteiger partial charge >= 0.3 is 5.97 Å². The molecule has 0 amide bonds. The second-order valence-corrected chi connectivity index (χ2v) is 4.21. The summed E-state index contributed by atoms with van der Waals surface area (Å²) in [6.45, 7) is 3.54. The van der Waals surface area contributed by atoms with Crippen LogP contribution in [0.1, 0.15) is 25.5 Å². The summed E-state index contributed by atoms with van der Waals surface area (Å²) in [6, 6.07) is 3.56. The van der Waals surface area contributed by atoms with E-state index >= 15 is 0 Å². The number of carbonyl (C=O) groups is 1. The molecule has 0 heterocycles. The average molecular weight is 260 g/mol. The van der Waals surface area contributed by atoms with E-state index < -0.39 is 6.04 Å². The van der Waals surface area contributed by atoms with Gasteiger partial charge in [-0.25, -0.2) is 4.39 Å². The van der Waals surface area contributed by atoms with Gasteiger partial charge in [0.1, 0.15) is 11.9 Å². The van der Waals surface area contributed by atoms with Crippen LogP contribution in [0, 0.1) is 5.82 Å². The van der Waals surface area contributed by atoms with E-state index in [-0.39, 0.29) is 17.8 Å². The van der Waals surface area contributed by atoms with Crippen molar-refractivity contribution in [3.8, 4) is 0 Å². The molecule has 0 fully saturated rings. The quantitative estimate of drug-likeness (QED) is 0.845. The number of carbonyl (C=O) groups excluding carboxylic acids is 1. The highest BCUT2D eigenvalue weighted by Gasteiger charge is 2.18. The molecule has 0 bridgehead atoms. The number of halogens is 2. The lowest BCUT2D eigenvalue weighted by molar-refractivity contribution is -0.142. The summed E-state index contributed by atoms with van der Waals surface area (Å²) >= 11 is 5.93. The summed E-state index contributed by atoms with van der Waals surface area (Å²) in [7, 11) is 1.33. The third-order valence-corrected chi connectivity index (χ3v) is 2.81. The van der Waals surface area contributed by atoms with E-state index in [4.69, 9.17) is 11.6 Å². The minimum atomic E-state index is -0.448. The highest BCUT2D eigenvalue weighted by molar-refractivity contribution is 6.31. The number of nitrogens with one attached hydrogen (secondary N) is 1. The molecule has 1 aromatic carbocycles. The predicted octanol–water partition coefficient (Wildman–Crippen LogP) is 2.69. The molecule has 0 aliphatic heterocycles. The zero-order valence-corrected chi connectivity index (χ0v) is 10.7. The van der Waals surface area contributed by atoms with Gasteiger partial charge in [0, 0.05) is 11.1 Å². The first-order valence-corrected chi connectivity index (χ1v) is 5.62. The van der Waals surface area contributed by atoms with Gasteiger partial charge in [0.05, 0.1) is 7.11 Å². The Bertz CT molecular complexity index is 411. The van der Waals surface area contributed by atoms with Crippen molar-refractivity contribution in [1.82, 2.24) is 5.32 Å². The van der Waals surface area contributed by atoms with E-state index in [9.17, 15) is 9.18 Å². The van der Waals surface area contributed by atoms with Gasteiger partial charge in [-0.3, -0.25) is 10.1 Å². The molecule has 0 radical (unpaired) electrons. The van der Waals surface area contributed by atoms with Gasteiger partial charge in [-0.05, 0) is 31.5 Å². The van der Waals surface area contributed by atoms with Crippen LogP contribution in [-0.2, 0) is 9.53 Å². The van der Waals surface area contributed by atoms with Crippen LogP contribution in [0.25, 0.3) is 0 Å². The van der Waals surface area contributed by atoms with E-state index in [1.165, 1.54) is 19.2 Å². The molecule has 3 nitrogen and oxygen atoms in total. The molecule has 1 N–H and O–H groups in total. The lowest BCUT2D eigenvalue weighted by atomic mass is 10.1. The Labute approximate surface area is 105 Å². The molecule has 2 atom stereocenters. The van der Waals surface area contributed by atoms with E-state index in [1.54, 1.807) is 13.0 Å². The van der Waals surface area contributed by atoms with Crippen molar-refractivity contribution >= 4 is 17.6 Å². The molecule has 0 saturated carbocycles. The van der Waals surface area contributed by atoms with E-state index in [1.807, 2.05) is 6.92 Å². The fourth-order valence-corrected chi connectivity index (χ4v) is 1.89. The molecule has 0 aliphatic carbocycles. The van der Waals surface area contributed by atoms with Crippen LogP contribution < -0.4 is 5.32 Å². The minimum Gasteiger partial charge on any atom is -0.468 e. The highest BCUT2D eigenvalue weighted by atomic mass is 35.5. The van der Waals surface area contributed by atoms with E-state index in [0.29, 0.717) is 5.02 Å². The zero-order chi connectivity index (χ0) is 13.0. The molecule has 17 heavy (non-hydrogen) atoms. The Balaban J connectivity index is 2.76. The van der Waals surface area contributed by atoms with Crippen LogP contribution in [0.15, 0.2) is 18.2 Å². The maximum Gasteiger partial charge on any atom is 0.322 e. The second-order valence-electron chi connectivity index (χ2n) is 3.80. The first-order valence-electron chi connectivity index (χ1n) is 5.24. The van der Waals surface area contributed by atoms with Crippen LogP contribution in [0.2, 0.25) is 5.02 Å². The Hall–Kier alpha value is -1.13. The summed E-state index contributed by atoms with van der Waals surface area (Å²) in [4.78, 5) is 11.2. The van der Waals surface area contributed by atoms with E-state index in [2.05, 4.69) is 10.1 Å². The molecule has 0 aromatic heterocycles. The Morgan fingerprint density at radius 3 is 2.65 bits per heavy atom. The monoisotopic (exact) mass is 259 g/mol. The Morgan fingerprint density at radius 2 is 2.12 bits per heavy atom. The fraction of sp³-hybridized carbons (Fsp3) is 0.417. The number of hydrogen-bond acceptors (Lipinski definition) is 3. The topological polar surface area (TPSA) is 38.3 Å². The molecule has 0 aliphatic rings. The fourth-order valence-electron chi connectivity index (χ4n) is 1.56. The molecule has 0 saturated heterocycles. The first kappa shape index (κ1) is 13.9.